The molecule has 2 aliphatic rings. The van der Waals surface area contributed by atoms with Crippen LogP contribution < -0.4 is 0 Å². The van der Waals surface area contributed by atoms with Crippen molar-refractivity contribution in [3.63, 3.8) is 0 Å². The molecule has 25 heavy (non-hydrogen) atoms. The first-order chi connectivity index (χ1) is 12.1. The van der Waals surface area contributed by atoms with Gasteiger partial charge in [-0.2, -0.15) is 0 Å². The minimum absolute atomic E-state index is 0.141. The molecule has 134 valence electrons. The van der Waals surface area contributed by atoms with Crippen molar-refractivity contribution in [2.45, 2.75) is 25.3 Å². The van der Waals surface area contributed by atoms with Crippen LogP contribution in [0.3, 0.4) is 0 Å². The second-order valence-corrected chi connectivity index (χ2v) is 7.57. The number of hydrogen-bond acceptors (Lipinski definition) is 3. The van der Waals surface area contributed by atoms with Crippen LogP contribution in [0.25, 0.3) is 10.9 Å². The number of rotatable bonds is 4. The summed E-state index contributed by atoms with van der Waals surface area (Å²) >= 11 is 0. The van der Waals surface area contributed by atoms with Crippen molar-refractivity contribution in [3.05, 3.63) is 36.0 Å². The van der Waals surface area contributed by atoms with E-state index in [1.54, 1.807) is 0 Å². The number of ether oxygens (including phenoxy) is 1. The summed E-state index contributed by atoms with van der Waals surface area (Å²) in [6.07, 6.45) is 4.16. The fraction of sp³-hybridized carbons (Fsp3) is 0.550. The quantitative estimate of drug-likeness (QED) is 0.930. The molecule has 1 amide bonds. The number of carbonyl (C=O) groups is 1. The molecular weight excluding hydrogens is 314 g/mol. The maximum absolute atomic E-state index is 13.0. The Morgan fingerprint density at radius 2 is 2.16 bits per heavy atom. The van der Waals surface area contributed by atoms with Crippen molar-refractivity contribution in [1.29, 1.82) is 0 Å². The number of amides is 1. The highest BCUT2D eigenvalue weighted by Crippen LogP contribution is 2.39. The Hall–Kier alpha value is -1.85. The van der Waals surface area contributed by atoms with Gasteiger partial charge in [0, 0.05) is 43.4 Å². The number of fused-ring (bicyclic) bond motifs is 1. The number of likely N-dealkylation sites (tertiary alicyclic amines) is 2. The maximum atomic E-state index is 13.0. The van der Waals surface area contributed by atoms with Gasteiger partial charge in [0.2, 0.25) is 0 Å². The fourth-order valence-electron chi connectivity index (χ4n) is 4.43. The Bertz CT molecular complexity index is 761. The van der Waals surface area contributed by atoms with Gasteiger partial charge in [-0.25, -0.2) is 0 Å². The zero-order valence-corrected chi connectivity index (χ0v) is 15.1. The highest BCUT2D eigenvalue weighted by Gasteiger charge is 2.51. The lowest BCUT2D eigenvalue weighted by molar-refractivity contribution is -0.0751. The van der Waals surface area contributed by atoms with E-state index < -0.39 is 0 Å². The molecule has 2 aliphatic heterocycles. The normalized spacial score (nSPS) is 23.1. The lowest BCUT2D eigenvalue weighted by Crippen LogP contribution is -2.72. The van der Waals surface area contributed by atoms with Gasteiger partial charge in [0.15, 0.2) is 0 Å². The molecule has 1 aromatic carbocycles. The first-order valence-corrected chi connectivity index (χ1v) is 9.27. The molecule has 1 N–H and O–H groups in total. The van der Waals surface area contributed by atoms with Crippen LogP contribution in [0.5, 0.6) is 0 Å². The fourth-order valence-corrected chi connectivity index (χ4v) is 4.43. The van der Waals surface area contributed by atoms with Crippen LogP contribution in [-0.4, -0.2) is 66.1 Å². The smallest absolute Gasteiger partial charge is 0.256 e. The third-order valence-electron chi connectivity index (χ3n) is 5.99. The average molecular weight is 341 g/mol. The summed E-state index contributed by atoms with van der Waals surface area (Å²) in [5.74, 6) is 0.755. The lowest BCUT2D eigenvalue weighted by Gasteiger charge is -2.58. The van der Waals surface area contributed by atoms with Crippen molar-refractivity contribution in [2.75, 3.05) is 39.9 Å². The zero-order chi connectivity index (χ0) is 17.4. The van der Waals surface area contributed by atoms with E-state index in [0.29, 0.717) is 5.92 Å². The summed E-state index contributed by atoms with van der Waals surface area (Å²) in [7, 11) is 2.20. The van der Waals surface area contributed by atoms with E-state index >= 15 is 0 Å². The second-order valence-electron chi connectivity index (χ2n) is 7.57. The van der Waals surface area contributed by atoms with E-state index in [2.05, 4.69) is 23.9 Å². The Morgan fingerprint density at radius 1 is 1.36 bits per heavy atom. The van der Waals surface area contributed by atoms with Gasteiger partial charge in [-0.3, -0.25) is 9.69 Å². The van der Waals surface area contributed by atoms with Gasteiger partial charge in [0.1, 0.15) is 0 Å². The third kappa shape index (κ3) is 2.85. The number of nitrogens with one attached hydrogen (secondary N) is 1. The average Bonchev–Trinajstić information content (AvgIpc) is 3.03. The molecule has 5 heteroatoms. The molecule has 1 spiro atoms. The summed E-state index contributed by atoms with van der Waals surface area (Å²) in [5.41, 5.74) is 1.95. The SMILES string of the molecule is CCOC[C@H]1CCN(C)C2(C1)CN(C(=O)c1c[nH]c3ccccc13)C2. The summed E-state index contributed by atoms with van der Waals surface area (Å²) in [5, 5.41) is 1.01. The van der Waals surface area contributed by atoms with Crippen LogP contribution in [0.4, 0.5) is 0 Å². The van der Waals surface area contributed by atoms with Gasteiger partial charge < -0.3 is 14.6 Å². The van der Waals surface area contributed by atoms with E-state index in [9.17, 15) is 4.79 Å². The van der Waals surface area contributed by atoms with Crippen LogP contribution in [0.15, 0.2) is 30.5 Å². The van der Waals surface area contributed by atoms with Crippen molar-refractivity contribution < 1.29 is 9.53 Å². The Labute approximate surface area is 148 Å². The van der Waals surface area contributed by atoms with E-state index in [1.165, 1.54) is 6.42 Å². The van der Waals surface area contributed by atoms with Crippen molar-refractivity contribution in [1.82, 2.24) is 14.8 Å². The molecule has 4 rings (SSSR count). The molecule has 0 aliphatic carbocycles. The molecule has 0 bridgehead atoms. The Morgan fingerprint density at radius 3 is 2.96 bits per heavy atom. The minimum atomic E-state index is 0.141. The standard InChI is InChI=1S/C20H27N3O2/c1-3-25-12-15-8-9-22(2)20(10-15)13-23(14-20)19(24)17-11-21-18-7-5-4-6-16(17)18/h4-7,11,15,21H,3,8-10,12-14H2,1-2H3/t15-/m0/s1. The number of aromatic nitrogens is 1. The first-order valence-electron chi connectivity index (χ1n) is 9.27. The summed E-state index contributed by atoms with van der Waals surface area (Å²) in [6, 6.07) is 8.00. The molecule has 3 heterocycles. The van der Waals surface area contributed by atoms with E-state index in [0.717, 1.165) is 55.7 Å². The largest absolute Gasteiger partial charge is 0.381 e. The topological polar surface area (TPSA) is 48.6 Å². The lowest BCUT2D eigenvalue weighted by atomic mass is 9.75. The van der Waals surface area contributed by atoms with Gasteiger partial charge in [-0.15, -0.1) is 0 Å². The number of para-hydroxylation sites is 1. The van der Waals surface area contributed by atoms with Crippen LogP contribution in [0, 0.1) is 5.92 Å². The second kappa shape index (κ2) is 6.46. The predicted molar refractivity (Wildman–Crippen MR) is 98.8 cm³/mol. The molecular formula is C20H27N3O2. The molecule has 0 radical (unpaired) electrons. The van der Waals surface area contributed by atoms with Gasteiger partial charge >= 0.3 is 0 Å². The summed E-state index contributed by atoms with van der Waals surface area (Å²) in [4.78, 5) is 20.6. The predicted octanol–water partition coefficient (Wildman–Crippen LogP) is 2.74. The van der Waals surface area contributed by atoms with Gasteiger partial charge in [0.05, 0.1) is 11.1 Å². The molecule has 5 nitrogen and oxygen atoms in total. The molecule has 0 saturated carbocycles. The minimum Gasteiger partial charge on any atom is -0.381 e. The highest BCUT2D eigenvalue weighted by molar-refractivity contribution is 6.07. The number of nitrogens with zero attached hydrogens (tertiary/aromatic N) is 2. The number of H-pyrrole nitrogens is 1. The van der Waals surface area contributed by atoms with Crippen LogP contribution in [0.2, 0.25) is 0 Å². The summed E-state index contributed by atoms with van der Waals surface area (Å²) < 4.78 is 5.65. The van der Waals surface area contributed by atoms with Crippen LogP contribution in [-0.2, 0) is 4.74 Å². The van der Waals surface area contributed by atoms with Gasteiger partial charge in [-0.1, -0.05) is 18.2 Å². The number of likely N-dealkylation sites (N-methyl/N-ethyl adjacent to an activating group) is 1. The number of benzene rings is 1. The molecule has 2 aromatic rings. The van der Waals surface area contributed by atoms with Crippen LogP contribution in [0.1, 0.15) is 30.1 Å². The zero-order valence-electron chi connectivity index (χ0n) is 15.1. The molecule has 2 fully saturated rings. The van der Waals surface area contributed by atoms with Gasteiger partial charge in [-0.05, 0) is 45.3 Å². The Kier molecular flexibility index (Phi) is 4.29. The molecule has 1 atom stereocenters. The molecule has 1 aromatic heterocycles. The van der Waals surface area contributed by atoms with E-state index in [-0.39, 0.29) is 11.4 Å². The highest BCUT2D eigenvalue weighted by atomic mass is 16.5. The number of hydrogen-bond donors (Lipinski definition) is 1. The number of aromatic amines is 1. The monoisotopic (exact) mass is 341 g/mol. The number of piperidine rings is 1. The van der Waals surface area contributed by atoms with Crippen molar-refractivity contribution in [2.24, 2.45) is 5.92 Å². The number of carbonyl (C=O) groups excluding carboxylic acids is 1. The van der Waals surface area contributed by atoms with Crippen molar-refractivity contribution in [3.8, 4) is 0 Å². The third-order valence-corrected chi connectivity index (χ3v) is 5.99. The molecule has 2 saturated heterocycles. The van der Waals surface area contributed by atoms with Gasteiger partial charge in [0.25, 0.3) is 5.91 Å². The Balaban J connectivity index is 1.46. The van der Waals surface area contributed by atoms with E-state index in [4.69, 9.17) is 4.74 Å². The van der Waals surface area contributed by atoms with E-state index in [1.807, 2.05) is 35.4 Å². The maximum Gasteiger partial charge on any atom is 0.256 e. The first kappa shape index (κ1) is 16.6. The summed E-state index contributed by atoms with van der Waals surface area (Å²) in [6.45, 7) is 6.42. The van der Waals surface area contributed by atoms with Crippen molar-refractivity contribution >= 4 is 16.8 Å². The molecule has 0 unspecified atom stereocenters. The van der Waals surface area contributed by atoms with Crippen LogP contribution >= 0.6 is 0 Å².